The van der Waals surface area contributed by atoms with E-state index in [1.165, 1.54) is 23.9 Å². The molecule has 1 N–H and O–H groups in total. The van der Waals surface area contributed by atoms with E-state index in [4.69, 9.17) is 4.74 Å². The summed E-state index contributed by atoms with van der Waals surface area (Å²) in [5.74, 6) is 0.183. The number of aliphatic imine (C=N–C) groups is 1. The second kappa shape index (κ2) is 10.9. The maximum absolute atomic E-state index is 13.4. The van der Waals surface area contributed by atoms with Crippen molar-refractivity contribution in [1.29, 1.82) is 0 Å². The second-order valence-corrected chi connectivity index (χ2v) is 11.4. The molecule has 0 spiro atoms. The SMILES string of the molecule is Cc1cc(N=C2NC(=O)/C(=C/c3cc(Br)c(OCc4cccc(F)c4)c(I)c3)S2)cc(C)c1Br. The quantitative estimate of drug-likeness (QED) is 0.215. The molecule has 0 aliphatic carbocycles. The maximum Gasteiger partial charge on any atom is 0.264 e. The molecule has 0 atom stereocenters. The zero-order valence-electron chi connectivity index (χ0n) is 18.1. The summed E-state index contributed by atoms with van der Waals surface area (Å²) in [6.07, 6.45) is 1.82. The molecule has 4 nitrogen and oxygen atoms in total. The Hall–Kier alpha value is -1.69. The van der Waals surface area contributed by atoms with Crippen LogP contribution in [0.15, 0.2) is 67.4 Å². The van der Waals surface area contributed by atoms with Crippen molar-refractivity contribution in [3.05, 3.63) is 94.0 Å². The van der Waals surface area contributed by atoms with Crippen molar-refractivity contribution in [2.75, 3.05) is 0 Å². The maximum atomic E-state index is 13.4. The molecule has 3 aromatic carbocycles. The van der Waals surface area contributed by atoms with Gasteiger partial charge in [-0.2, -0.15) is 0 Å². The van der Waals surface area contributed by atoms with Crippen LogP contribution in [0.2, 0.25) is 0 Å². The van der Waals surface area contributed by atoms with Gasteiger partial charge >= 0.3 is 0 Å². The minimum Gasteiger partial charge on any atom is -0.487 e. The largest absolute Gasteiger partial charge is 0.487 e. The smallest absolute Gasteiger partial charge is 0.264 e. The molecular formula is C25H18Br2FIN2O2S. The van der Waals surface area contributed by atoms with Crippen LogP contribution in [0.1, 0.15) is 22.3 Å². The van der Waals surface area contributed by atoms with E-state index in [1.807, 2.05) is 50.3 Å². The second-order valence-electron chi connectivity index (χ2n) is 7.61. The highest BCUT2D eigenvalue weighted by molar-refractivity contribution is 14.1. The lowest BCUT2D eigenvalue weighted by Gasteiger charge is -2.12. The Morgan fingerprint density at radius 1 is 1.15 bits per heavy atom. The average Bonchev–Trinajstić information content (AvgIpc) is 3.09. The number of carbonyl (C=O) groups excluding carboxylic acids is 1. The van der Waals surface area contributed by atoms with Gasteiger partial charge in [-0.15, -0.1) is 0 Å². The van der Waals surface area contributed by atoms with E-state index in [1.54, 1.807) is 6.07 Å². The van der Waals surface area contributed by atoms with Crippen molar-refractivity contribution in [3.63, 3.8) is 0 Å². The predicted octanol–water partition coefficient (Wildman–Crippen LogP) is 8.04. The summed E-state index contributed by atoms with van der Waals surface area (Å²) >= 11 is 10.6. The lowest BCUT2D eigenvalue weighted by molar-refractivity contribution is -0.115. The van der Waals surface area contributed by atoms with Crippen molar-refractivity contribution in [1.82, 2.24) is 5.32 Å². The summed E-state index contributed by atoms with van der Waals surface area (Å²) < 4.78 is 22.0. The molecule has 0 radical (unpaired) electrons. The molecule has 9 heteroatoms. The number of carbonyl (C=O) groups is 1. The van der Waals surface area contributed by atoms with Crippen LogP contribution in [0.5, 0.6) is 5.75 Å². The monoisotopic (exact) mass is 714 g/mol. The first kappa shape index (κ1) is 25.4. The van der Waals surface area contributed by atoms with E-state index in [2.05, 4.69) is 64.8 Å². The number of nitrogens with one attached hydrogen (secondary N) is 1. The lowest BCUT2D eigenvalue weighted by Crippen LogP contribution is -2.19. The summed E-state index contributed by atoms with van der Waals surface area (Å²) in [5, 5.41) is 3.38. The topological polar surface area (TPSA) is 50.7 Å². The normalized spacial score (nSPS) is 15.8. The highest BCUT2D eigenvalue weighted by atomic mass is 127. The predicted molar refractivity (Wildman–Crippen MR) is 152 cm³/mol. The van der Waals surface area contributed by atoms with Crippen molar-refractivity contribution < 1.29 is 13.9 Å². The number of amidine groups is 1. The standard InChI is InChI=1S/C25H18Br2FIN2O2S/c1-13-6-18(7-14(2)22(13)27)30-25-31-24(32)21(34-25)11-16-9-19(26)23(20(29)10-16)33-12-15-4-3-5-17(28)8-15/h3-11H,12H2,1-2H3,(H,30,31,32)/b21-11-. The fourth-order valence-electron chi connectivity index (χ4n) is 3.32. The first-order valence-corrected chi connectivity index (χ1v) is 13.6. The molecule has 0 unspecified atom stereocenters. The third-order valence-electron chi connectivity index (χ3n) is 4.89. The average molecular weight is 716 g/mol. The molecule has 34 heavy (non-hydrogen) atoms. The summed E-state index contributed by atoms with van der Waals surface area (Å²) in [4.78, 5) is 17.7. The minimum absolute atomic E-state index is 0.188. The molecule has 0 bridgehead atoms. The summed E-state index contributed by atoms with van der Waals surface area (Å²) in [6, 6.07) is 14.1. The van der Waals surface area contributed by atoms with Gasteiger partial charge in [0, 0.05) is 4.47 Å². The summed E-state index contributed by atoms with van der Waals surface area (Å²) in [5.41, 5.74) is 4.56. The van der Waals surface area contributed by atoms with Crippen molar-refractivity contribution in [2.45, 2.75) is 20.5 Å². The molecule has 174 valence electrons. The van der Waals surface area contributed by atoms with Gasteiger partial charge in [-0.25, -0.2) is 9.38 Å². The Morgan fingerprint density at radius 2 is 1.88 bits per heavy atom. The molecular weight excluding hydrogens is 698 g/mol. The van der Waals surface area contributed by atoms with Crippen LogP contribution in [0.4, 0.5) is 10.1 Å². The summed E-state index contributed by atoms with van der Waals surface area (Å²) in [7, 11) is 0. The number of amides is 1. The molecule has 3 aromatic rings. The number of nitrogens with zero attached hydrogens (tertiary/aromatic N) is 1. The third-order valence-corrected chi connectivity index (χ3v) is 8.44. The number of hydrogen-bond donors (Lipinski definition) is 1. The first-order valence-electron chi connectivity index (χ1n) is 10.1. The molecule has 0 aromatic heterocycles. The van der Waals surface area contributed by atoms with Gasteiger partial charge < -0.3 is 10.1 Å². The molecule has 1 heterocycles. The molecule has 1 saturated heterocycles. The van der Waals surface area contributed by atoms with Gasteiger partial charge in [0.25, 0.3) is 5.91 Å². The number of aryl methyl sites for hydroxylation is 2. The van der Waals surface area contributed by atoms with Crippen molar-refractivity contribution in [3.8, 4) is 5.75 Å². The van der Waals surface area contributed by atoms with Gasteiger partial charge in [-0.05, 0) is 129 Å². The molecule has 1 aliphatic heterocycles. The Balaban J connectivity index is 1.52. The first-order chi connectivity index (χ1) is 16.2. The van der Waals surface area contributed by atoms with Crippen LogP contribution >= 0.6 is 66.2 Å². The number of ether oxygens (including phenoxy) is 1. The van der Waals surface area contributed by atoms with E-state index in [9.17, 15) is 9.18 Å². The van der Waals surface area contributed by atoms with Gasteiger partial charge in [0.05, 0.1) is 18.6 Å². The molecule has 4 rings (SSSR count). The fraction of sp³-hybridized carbons (Fsp3) is 0.120. The Morgan fingerprint density at radius 3 is 2.56 bits per heavy atom. The summed E-state index contributed by atoms with van der Waals surface area (Å²) in [6.45, 7) is 4.27. The molecule has 0 saturated carbocycles. The Labute approximate surface area is 231 Å². The van der Waals surface area contributed by atoms with Crippen LogP contribution in [0.3, 0.4) is 0 Å². The third kappa shape index (κ3) is 6.10. The van der Waals surface area contributed by atoms with Crippen LogP contribution in [0.25, 0.3) is 6.08 Å². The highest BCUT2D eigenvalue weighted by Crippen LogP contribution is 2.35. The van der Waals surface area contributed by atoms with Gasteiger partial charge in [0.1, 0.15) is 18.2 Å². The number of rotatable bonds is 5. The van der Waals surface area contributed by atoms with Crippen LogP contribution < -0.4 is 10.1 Å². The van der Waals surface area contributed by atoms with E-state index < -0.39 is 0 Å². The fourth-order valence-corrected chi connectivity index (χ4v) is 6.16. The van der Waals surface area contributed by atoms with Crippen LogP contribution in [-0.4, -0.2) is 11.1 Å². The number of thioether (sulfide) groups is 1. The van der Waals surface area contributed by atoms with E-state index >= 15 is 0 Å². The number of benzene rings is 3. The number of hydrogen-bond acceptors (Lipinski definition) is 4. The van der Waals surface area contributed by atoms with E-state index in [0.717, 1.165) is 40.5 Å². The van der Waals surface area contributed by atoms with Crippen molar-refractivity contribution in [2.24, 2.45) is 4.99 Å². The number of halogens is 4. The van der Waals surface area contributed by atoms with Crippen LogP contribution in [-0.2, 0) is 11.4 Å². The highest BCUT2D eigenvalue weighted by Gasteiger charge is 2.24. The van der Waals surface area contributed by atoms with Crippen molar-refractivity contribution >= 4 is 89.1 Å². The molecule has 1 fully saturated rings. The van der Waals surface area contributed by atoms with Gasteiger partial charge in [-0.3, -0.25) is 4.79 Å². The van der Waals surface area contributed by atoms with E-state index in [-0.39, 0.29) is 18.3 Å². The zero-order chi connectivity index (χ0) is 24.4. The van der Waals surface area contributed by atoms with E-state index in [0.29, 0.717) is 15.8 Å². The molecule has 1 aliphatic rings. The Kier molecular flexibility index (Phi) is 8.16. The van der Waals surface area contributed by atoms with Crippen LogP contribution in [0, 0.1) is 23.2 Å². The lowest BCUT2D eigenvalue weighted by atomic mass is 10.1. The molecule has 1 amide bonds. The zero-order valence-corrected chi connectivity index (χ0v) is 24.2. The van der Waals surface area contributed by atoms with Gasteiger partial charge in [0.2, 0.25) is 0 Å². The van der Waals surface area contributed by atoms with Gasteiger partial charge in [0.15, 0.2) is 5.17 Å². The Bertz CT molecular complexity index is 1310. The van der Waals surface area contributed by atoms with Gasteiger partial charge in [-0.1, -0.05) is 28.1 Å². The minimum atomic E-state index is -0.294.